The third-order valence-electron chi connectivity index (χ3n) is 13.1. The van der Waals surface area contributed by atoms with Crippen LogP contribution in [0.2, 0.25) is 0 Å². The molecular formula is C52H54N8O7S2. The number of furan rings is 1. The lowest BCUT2D eigenvalue weighted by molar-refractivity contribution is -0.142. The molecule has 9 rings (SSSR count). The number of thiophene rings is 1. The normalized spacial score (nSPS) is 17.7. The summed E-state index contributed by atoms with van der Waals surface area (Å²) < 4.78 is 13.1. The second kappa shape index (κ2) is 18.6. The smallest absolute Gasteiger partial charge is 0.308 e. The molecule has 356 valence electrons. The van der Waals surface area contributed by atoms with E-state index < -0.39 is 47.4 Å². The molecule has 2 aliphatic rings. The summed E-state index contributed by atoms with van der Waals surface area (Å²) in [6.07, 6.45) is -0.835. The molecular weight excluding hydrogens is 913 g/mol. The van der Waals surface area contributed by atoms with Gasteiger partial charge in [-0.3, -0.25) is 28.7 Å². The number of carbonyl (C=O) groups is 4. The van der Waals surface area contributed by atoms with Crippen LogP contribution in [0.4, 0.5) is 0 Å². The Labute approximate surface area is 407 Å². The minimum Gasteiger partial charge on any atom is -0.469 e. The number of amides is 3. The fourth-order valence-electron chi connectivity index (χ4n) is 9.14. The van der Waals surface area contributed by atoms with Crippen LogP contribution < -0.4 is 10.6 Å². The second-order valence-corrected chi connectivity index (χ2v) is 21.0. The zero-order valence-electron chi connectivity index (χ0n) is 39.9. The van der Waals surface area contributed by atoms with Crippen LogP contribution >= 0.6 is 22.7 Å². The number of aromatic nitrogens is 4. The third-order valence-corrected chi connectivity index (χ3v) is 15.3. The van der Waals surface area contributed by atoms with Gasteiger partial charge in [-0.1, -0.05) is 75.4 Å². The van der Waals surface area contributed by atoms with Gasteiger partial charge in [-0.15, -0.1) is 32.9 Å². The Bertz CT molecular complexity index is 3160. The number of aliphatic imine (C=N–C) groups is 1. The number of carbonyl (C=O) groups excluding carboxylic acids is 4. The van der Waals surface area contributed by atoms with Crippen molar-refractivity contribution in [1.82, 2.24) is 35.3 Å². The number of aliphatic hydroxyl groups excluding tert-OH is 1. The maximum Gasteiger partial charge on any atom is 0.308 e. The quantitative estimate of drug-likeness (QED) is 0.106. The predicted octanol–water partition coefficient (Wildman–Crippen LogP) is 8.54. The number of aliphatic hydroxyl groups is 1. The summed E-state index contributed by atoms with van der Waals surface area (Å²) in [5.74, 6) is -0.529. The summed E-state index contributed by atoms with van der Waals surface area (Å²) in [6.45, 7) is 15.4. The van der Waals surface area contributed by atoms with Crippen molar-refractivity contribution in [1.29, 1.82) is 0 Å². The lowest BCUT2D eigenvalue weighted by atomic mass is 9.85. The highest BCUT2D eigenvalue weighted by molar-refractivity contribution is 7.15. The van der Waals surface area contributed by atoms with E-state index in [0.717, 1.165) is 65.1 Å². The SMILES string of the molecule is COC(=O)C[C@@H]1N=C(c2ccc(-c3ccc4oc(C(=O)N[C@H](C(=O)N5C[C@H](O)C[C@H]5C(=O)N[C@@H](C)c5ccc(-c6scnc6C)cc5)C(C)(C)C)cc4c3)cc2)c2c(sc(C)c2C)-n2c(C)nnc21. The minimum atomic E-state index is -1.05. The first-order chi connectivity index (χ1) is 32.9. The average Bonchev–Trinajstić information content (AvgIpc) is 4.16. The number of thiazole rings is 1. The highest BCUT2D eigenvalue weighted by Crippen LogP contribution is 2.40. The molecule has 3 N–H and O–H groups in total. The van der Waals surface area contributed by atoms with Crippen molar-refractivity contribution in [2.45, 2.75) is 98.5 Å². The van der Waals surface area contributed by atoms with E-state index >= 15 is 0 Å². The summed E-state index contributed by atoms with van der Waals surface area (Å²) in [4.78, 5) is 68.0. The van der Waals surface area contributed by atoms with E-state index in [1.807, 2.05) is 118 Å². The van der Waals surface area contributed by atoms with Crippen LogP contribution in [0.5, 0.6) is 0 Å². The van der Waals surface area contributed by atoms with Gasteiger partial charge in [0, 0.05) is 34.4 Å². The standard InChI is InChI=1S/C52H54N8O7S2/c1-26-29(4)69-51-43(26)44(55-38(23-42(62)66-9)47-58-57-30(5)60(47)51)33-14-12-32(13-15-33)35-18-19-40-36(20-35)21-41(67-40)49(64)56-46(52(6,7)8)50(65)59-24-37(61)22-39(59)48(63)54-27(2)31-10-16-34(17-11-31)45-28(3)53-25-68-45/h10-21,25,27,37-39,46,61H,22-24H2,1-9H3,(H,54,63)(H,56,64)/t27-,37+,38-,39-,46+/m0/s1. The Balaban J connectivity index is 0.914. The number of rotatable bonds is 11. The molecule has 0 radical (unpaired) electrons. The molecule has 0 saturated carbocycles. The number of ether oxygens (including phenoxy) is 1. The molecule has 0 aliphatic carbocycles. The number of likely N-dealkylation sites (tertiary alicyclic amines) is 1. The topological polar surface area (TPSA) is 194 Å². The Morgan fingerprint density at radius 1 is 0.913 bits per heavy atom. The van der Waals surface area contributed by atoms with E-state index in [9.17, 15) is 24.3 Å². The Hall–Kier alpha value is -6.82. The summed E-state index contributed by atoms with van der Waals surface area (Å²) in [5.41, 5.74) is 9.90. The monoisotopic (exact) mass is 966 g/mol. The number of hydrogen-bond donors (Lipinski definition) is 3. The van der Waals surface area contributed by atoms with Gasteiger partial charge in [0.1, 0.15) is 34.5 Å². The van der Waals surface area contributed by atoms with Crippen LogP contribution in [-0.2, 0) is 19.1 Å². The molecule has 3 aromatic carbocycles. The van der Waals surface area contributed by atoms with Crippen LogP contribution in [0.25, 0.3) is 37.5 Å². The molecule has 3 amide bonds. The molecule has 0 unspecified atom stereocenters. The summed E-state index contributed by atoms with van der Waals surface area (Å²) in [7, 11) is 1.36. The fourth-order valence-corrected chi connectivity index (χ4v) is 11.2. The number of nitrogens with zero attached hydrogens (tertiary/aromatic N) is 6. The molecule has 1 saturated heterocycles. The Kier molecular flexibility index (Phi) is 12.7. The van der Waals surface area contributed by atoms with Crippen molar-refractivity contribution in [3.05, 3.63) is 129 Å². The molecule has 0 spiro atoms. The molecule has 15 nitrogen and oxygen atoms in total. The van der Waals surface area contributed by atoms with Gasteiger partial charge in [0.2, 0.25) is 11.8 Å². The van der Waals surface area contributed by atoms with E-state index in [0.29, 0.717) is 22.6 Å². The van der Waals surface area contributed by atoms with Gasteiger partial charge in [-0.25, -0.2) is 4.98 Å². The van der Waals surface area contributed by atoms with Crippen LogP contribution in [0.3, 0.4) is 0 Å². The molecule has 0 bridgehead atoms. The lowest BCUT2D eigenvalue weighted by Crippen LogP contribution is -2.57. The predicted molar refractivity (Wildman–Crippen MR) is 266 cm³/mol. The fraction of sp³-hybridized carbons (Fsp3) is 0.346. The van der Waals surface area contributed by atoms with Gasteiger partial charge in [0.25, 0.3) is 5.91 Å². The van der Waals surface area contributed by atoms with Crippen molar-refractivity contribution in [3.8, 4) is 26.6 Å². The van der Waals surface area contributed by atoms with E-state index in [1.54, 1.807) is 28.7 Å². The molecule has 5 atom stereocenters. The Morgan fingerprint density at radius 2 is 1.61 bits per heavy atom. The molecule has 4 aromatic heterocycles. The largest absolute Gasteiger partial charge is 0.469 e. The number of esters is 1. The first-order valence-corrected chi connectivity index (χ1v) is 24.5. The molecule has 7 aromatic rings. The van der Waals surface area contributed by atoms with Gasteiger partial charge in [-0.2, -0.15) is 0 Å². The molecule has 1 fully saturated rings. The summed E-state index contributed by atoms with van der Waals surface area (Å²) in [5, 5.41) is 27.2. The van der Waals surface area contributed by atoms with E-state index in [1.165, 1.54) is 12.0 Å². The lowest BCUT2D eigenvalue weighted by Gasteiger charge is -2.35. The van der Waals surface area contributed by atoms with Crippen LogP contribution in [0.15, 0.2) is 87.7 Å². The van der Waals surface area contributed by atoms with E-state index in [4.69, 9.17) is 14.1 Å². The average molecular weight is 967 g/mol. The number of nitrogens with one attached hydrogen (secondary N) is 2. The summed E-state index contributed by atoms with van der Waals surface area (Å²) in [6, 6.07) is 20.3. The zero-order chi connectivity index (χ0) is 49.1. The maximum atomic E-state index is 14.4. The number of benzene rings is 3. The highest BCUT2D eigenvalue weighted by atomic mass is 32.1. The summed E-state index contributed by atoms with van der Waals surface area (Å²) >= 11 is 3.21. The van der Waals surface area contributed by atoms with Gasteiger partial charge in [-0.05, 0) is 86.1 Å². The van der Waals surface area contributed by atoms with Crippen molar-refractivity contribution in [2.75, 3.05) is 13.7 Å². The van der Waals surface area contributed by atoms with Crippen LogP contribution in [0.1, 0.15) is 108 Å². The van der Waals surface area contributed by atoms with E-state index in [2.05, 4.69) is 39.7 Å². The zero-order valence-corrected chi connectivity index (χ0v) is 41.5. The van der Waals surface area contributed by atoms with Gasteiger partial charge in [0.05, 0.1) is 47.5 Å². The first kappa shape index (κ1) is 47.3. The van der Waals surface area contributed by atoms with Crippen LogP contribution in [-0.4, -0.2) is 91.0 Å². The van der Waals surface area contributed by atoms with Crippen LogP contribution in [0, 0.1) is 33.1 Å². The molecule has 69 heavy (non-hydrogen) atoms. The number of aryl methyl sites for hydroxylation is 3. The highest BCUT2D eigenvalue weighted by Gasteiger charge is 2.45. The second-order valence-electron chi connectivity index (χ2n) is 18.9. The van der Waals surface area contributed by atoms with Gasteiger partial charge < -0.3 is 29.8 Å². The molecule has 6 heterocycles. The number of hydrogen-bond acceptors (Lipinski definition) is 13. The number of fused-ring (bicyclic) bond motifs is 4. The molecule has 17 heteroatoms. The van der Waals surface area contributed by atoms with Gasteiger partial charge in [0.15, 0.2) is 11.6 Å². The van der Waals surface area contributed by atoms with E-state index in [-0.39, 0.29) is 37.1 Å². The molecule has 2 aliphatic heterocycles. The van der Waals surface area contributed by atoms with Crippen molar-refractivity contribution in [2.24, 2.45) is 10.4 Å². The Morgan fingerprint density at radius 3 is 2.29 bits per heavy atom. The van der Waals surface area contributed by atoms with Crippen molar-refractivity contribution in [3.63, 3.8) is 0 Å². The first-order valence-electron chi connectivity index (χ1n) is 22.8. The van der Waals surface area contributed by atoms with Gasteiger partial charge >= 0.3 is 5.97 Å². The number of methoxy groups -OCH3 is 1. The van der Waals surface area contributed by atoms with Crippen molar-refractivity contribution >= 4 is 63.0 Å². The minimum absolute atomic E-state index is 0.00838. The third kappa shape index (κ3) is 9.13. The van der Waals surface area contributed by atoms with Crippen molar-refractivity contribution < 1.29 is 33.4 Å². The maximum absolute atomic E-state index is 14.4. The number of β-amino-alcohol motifs (C(OH)–C–C–N with tert-alkyl or cyclic N) is 1.